The van der Waals surface area contributed by atoms with Crippen LogP contribution in [-0.2, 0) is 0 Å². The minimum absolute atomic E-state index is 0.297. The number of anilines is 1. The Morgan fingerprint density at radius 3 is 2.64 bits per heavy atom. The second kappa shape index (κ2) is 3.38. The molecule has 4 nitrogen and oxygen atoms in total. The topological polar surface area (TPSA) is 75.5 Å². The van der Waals surface area contributed by atoms with E-state index >= 15 is 0 Å². The van der Waals surface area contributed by atoms with E-state index in [1.165, 1.54) is 12.1 Å². The number of nitrogens with one attached hydrogen (secondary N) is 1. The summed E-state index contributed by atoms with van der Waals surface area (Å²) >= 11 is 0. The molecule has 0 atom stereocenters. The summed E-state index contributed by atoms with van der Waals surface area (Å²) < 4.78 is 0. The van der Waals surface area contributed by atoms with Crippen molar-refractivity contribution in [1.29, 1.82) is 0 Å². The van der Waals surface area contributed by atoms with Crippen LogP contribution in [0.5, 0.6) is 0 Å². The van der Waals surface area contributed by atoms with Crippen LogP contribution in [0.25, 0.3) is 0 Å². The largest absolute Gasteiger partial charge is 0.761 e. The summed E-state index contributed by atoms with van der Waals surface area (Å²) in [5.74, 6) is 0. The molecule has 0 heterocycles. The van der Waals surface area contributed by atoms with Gasteiger partial charge in [-0.1, -0.05) is 12.1 Å². The zero-order valence-corrected chi connectivity index (χ0v) is 5.69. The van der Waals surface area contributed by atoms with Crippen molar-refractivity contribution in [3.63, 3.8) is 0 Å². The number of rotatable bonds is 2. The number of benzene rings is 1. The first kappa shape index (κ1) is 8.07. The molecule has 1 aromatic carbocycles. The van der Waals surface area contributed by atoms with Crippen LogP contribution in [0.4, 0.5) is 5.69 Å². The summed E-state index contributed by atoms with van der Waals surface area (Å²) in [6.07, 6.45) is 0. The van der Waals surface area contributed by atoms with Gasteiger partial charge in [0, 0.05) is 5.69 Å². The molecule has 0 aromatic heterocycles. The molecule has 0 saturated heterocycles. The van der Waals surface area contributed by atoms with Crippen molar-refractivity contribution in [3.8, 4) is 0 Å². The monoisotopic (exact) mass is 152 g/mol. The van der Waals surface area contributed by atoms with E-state index in [0.29, 0.717) is 11.2 Å². The van der Waals surface area contributed by atoms with Crippen molar-refractivity contribution in [1.82, 2.24) is 0 Å². The molecule has 1 aromatic rings. The summed E-state index contributed by atoms with van der Waals surface area (Å²) in [5.41, 5.74) is 2.26. The molecule has 0 spiro atoms. The lowest BCUT2D eigenvalue weighted by Gasteiger charge is -2.09. The van der Waals surface area contributed by atoms with E-state index < -0.39 is 7.12 Å². The fraction of sp³-hybridized carbons (Fsp3) is 0. The van der Waals surface area contributed by atoms with Crippen LogP contribution in [0.15, 0.2) is 24.3 Å². The summed E-state index contributed by atoms with van der Waals surface area (Å²) in [6.45, 7) is 0. The summed E-state index contributed by atoms with van der Waals surface area (Å²) in [7, 11) is -1.52. The molecule has 5 heteroatoms. The first-order valence-corrected chi connectivity index (χ1v) is 3.08. The smallest absolute Gasteiger partial charge is 0.488 e. The van der Waals surface area contributed by atoms with Gasteiger partial charge in [-0.15, -0.1) is 0 Å². The van der Waals surface area contributed by atoms with Gasteiger partial charge in [0.2, 0.25) is 0 Å². The van der Waals surface area contributed by atoms with E-state index in [-0.39, 0.29) is 0 Å². The van der Waals surface area contributed by atoms with Gasteiger partial charge in [0.15, 0.2) is 0 Å². The summed E-state index contributed by atoms with van der Waals surface area (Å²) in [6, 6.07) is 6.00. The van der Waals surface area contributed by atoms with Crippen molar-refractivity contribution in [3.05, 3.63) is 29.5 Å². The molecule has 0 fully saturated rings. The Balaban J connectivity index is 2.91. The lowest BCUT2D eigenvalue weighted by atomic mass is 9.80. The van der Waals surface area contributed by atoms with Crippen molar-refractivity contribution < 1.29 is 10.0 Å². The highest BCUT2D eigenvalue weighted by molar-refractivity contribution is 6.58. The minimum Gasteiger partial charge on any atom is -0.761 e. The van der Waals surface area contributed by atoms with Crippen LogP contribution < -0.4 is 10.9 Å². The SMILES string of the molecule is [O-]Nc1cccc(B(O)O)c1. The lowest BCUT2D eigenvalue weighted by molar-refractivity contribution is 0.426. The van der Waals surface area contributed by atoms with Gasteiger partial charge in [0.05, 0.1) is 0 Å². The van der Waals surface area contributed by atoms with Crippen LogP contribution in [0.1, 0.15) is 0 Å². The standard InChI is InChI=1S/C6H7BNO3/c9-7(10)5-2-1-3-6(4-5)8-11/h1-4,8-10H/q-1. The highest BCUT2D eigenvalue weighted by Gasteiger charge is 2.09. The maximum Gasteiger partial charge on any atom is 0.488 e. The number of hydrogen-bond donors (Lipinski definition) is 3. The maximum absolute atomic E-state index is 10.1. The molecule has 0 aliphatic carbocycles. The quantitative estimate of drug-likeness (QED) is 0.386. The van der Waals surface area contributed by atoms with E-state index in [1.54, 1.807) is 17.6 Å². The minimum atomic E-state index is -1.52. The second-order valence-electron chi connectivity index (χ2n) is 2.10. The third-order valence-electron chi connectivity index (χ3n) is 1.30. The van der Waals surface area contributed by atoms with Crippen LogP contribution in [0, 0.1) is 5.21 Å². The predicted octanol–water partition coefficient (Wildman–Crippen LogP) is -0.724. The van der Waals surface area contributed by atoms with Crippen molar-refractivity contribution in [2.24, 2.45) is 0 Å². The fourth-order valence-corrected chi connectivity index (χ4v) is 0.763. The van der Waals surface area contributed by atoms with Gasteiger partial charge in [-0.3, -0.25) is 0 Å². The number of hydrogen-bond acceptors (Lipinski definition) is 4. The van der Waals surface area contributed by atoms with Crippen molar-refractivity contribution >= 4 is 18.3 Å². The fourth-order valence-electron chi connectivity index (χ4n) is 0.763. The van der Waals surface area contributed by atoms with E-state index in [4.69, 9.17) is 10.0 Å². The lowest BCUT2D eigenvalue weighted by Crippen LogP contribution is -2.29. The Morgan fingerprint density at radius 2 is 2.09 bits per heavy atom. The summed E-state index contributed by atoms with van der Waals surface area (Å²) in [5, 5.41) is 27.4. The van der Waals surface area contributed by atoms with Gasteiger partial charge in [-0.05, 0) is 17.6 Å². The van der Waals surface area contributed by atoms with Crippen LogP contribution in [-0.4, -0.2) is 17.2 Å². The van der Waals surface area contributed by atoms with Crippen LogP contribution in [0.2, 0.25) is 0 Å². The van der Waals surface area contributed by atoms with Crippen LogP contribution in [0.3, 0.4) is 0 Å². The molecule has 0 amide bonds. The molecular formula is C6H7BNO3-. The predicted molar refractivity (Wildman–Crippen MR) is 43.3 cm³/mol. The molecule has 1 rings (SSSR count). The van der Waals surface area contributed by atoms with Gasteiger partial charge >= 0.3 is 7.12 Å². The Kier molecular flexibility index (Phi) is 2.48. The van der Waals surface area contributed by atoms with Gasteiger partial charge in [-0.25, -0.2) is 0 Å². The Hall–Kier alpha value is -1.04. The maximum atomic E-state index is 10.1. The molecule has 0 radical (unpaired) electrons. The highest BCUT2D eigenvalue weighted by atomic mass is 16.5. The molecule has 0 aliphatic rings. The molecule has 0 unspecified atom stereocenters. The van der Waals surface area contributed by atoms with Crippen molar-refractivity contribution in [2.45, 2.75) is 0 Å². The van der Waals surface area contributed by atoms with E-state index in [1.807, 2.05) is 0 Å². The molecular weight excluding hydrogens is 145 g/mol. The molecule has 0 saturated carbocycles. The molecule has 0 aliphatic heterocycles. The zero-order valence-electron chi connectivity index (χ0n) is 5.69. The molecule has 3 N–H and O–H groups in total. The average molecular weight is 152 g/mol. The Bertz CT molecular complexity index is 241. The first-order valence-electron chi connectivity index (χ1n) is 3.08. The van der Waals surface area contributed by atoms with E-state index in [9.17, 15) is 5.21 Å². The average Bonchev–Trinajstić information content (AvgIpc) is 2.05. The highest BCUT2D eigenvalue weighted by Crippen LogP contribution is 2.01. The third-order valence-corrected chi connectivity index (χ3v) is 1.30. The normalized spacial score (nSPS) is 9.36. The second-order valence-corrected chi connectivity index (χ2v) is 2.10. The Labute approximate surface area is 64.2 Å². The molecule has 0 bridgehead atoms. The van der Waals surface area contributed by atoms with Gasteiger partial charge in [0.1, 0.15) is 0 Å². The van der Waals surface area contributed by atoms with Crippen molar-refractivity contribution in [2.75, 3.05) is 5.48 Å². The van der Waals surface area contributed by atoms with E-state index in [2.05, 4.69) is 0 Å². The van der Waals surface area contributed by atoms with E-state index in [0.717, 1.165) is 0 Å². The first-order chi connectivity index (χ1) is 5.24. The zero-order chi connectivity index (χ0) is 8.27. The molecule has 58 valence electrons. The van der Waals surface area contributed by atoms with Gasteiger partial charge < -0.3 is 20.7 Å². The third kappa shape index (κ3) is 1.94. The molecule has 11 heavy (non-hydrogen) atoms. The Morgan fingerprint density at radius 1 is 1.36 bits per heavy atom. The van der Waals surface area contributed by atoms with Gasteiger partial charge in [0.25, 0.3) is 0 Å². The van der Waals surface area contributed by atoms with Crippen LogP contribution >= 0.6 is 0 Å². The summed E-state index contributed by atoms with van der Waals surface area (Å²) in [4.78, 5) is 0. The van der Waals surface area contributed by atoms with Gasteiger partial charge in [-0.2, -0.15) is 0 Å².